The Hall–Kier alpha value is -1.40. The van der Waals surface area contributed by atoms with Gasteiger partial charge >= 0.3 is 0 Å². The molecule has 3 atom stereocenters. The van der Waals surface area contributed by atoms with Crippen LogP contribution in [-0.2, 0) is 14.8 Å². The first-order chi connectivity index (χ1) is 13.5. The maximum Gasteiger partial charge on any atom is 0.243 e. The molecule has 2 heterocycles. The van der Waals surface area contributed by atoms with Gasteiger partial charge in [0.05, 0.1) is 4.90 Å². The van der Waals surface area contributed by atoms with Crippen molar-refractivity contribution in [1.82, 2.24) is 9.21 Å². The second-order valence-electron chi connectivity index (χ2n) is 8.78. The monoisotopic (exact) mass is 404 g/mol. The zero-order chi connectivity index (χ0) is 19.7. The number of benzene rings is 1. The Kier molecular flexibility index (Phi) is 5.79. The zero-order valence-electron chi connectivity index (χ0n) is 16.8. The molecule has 2 saturated heterocycles. The number of piperidine rings is 2. The van der Waals surface area contributed by atoms with Gasteiger partial charge in [-0.1, -0.05) is 31.0 Å². The van der Waals surface area contributed by atoms with E-state index in [1.807, 2.05) is 6.07 Å². The Bertz CT molecular complexity index is 787. The summed E-state index contributed by atoms with van der Waals surface area (Å²) in [6.07, 6.45) is 8.55. The van der Waals surface area contributed by atoms with E-state index in [4.69, 9.17) is 0 Å². The summed E-state index contributed by atoms with van der Waals surface area (Å²) in [7, 11) is -3.46. The van der Waals surface area contributed by atoms with E-state index in [-0.39, 0.29) is 11.8 Å². The summed E-state index contributed by atoms with van der Waals surface area (Å²) in [5.74, 6) is 0.915. The van der Waals surface area contributed by atoms with Crippen molar-refractivity contribution in [3.05, 3.63) is 30.3 Å². The highest BCUT2D eigenvalue weighted by molar-refractivity contribution is 7.89. The Morgan fingerprint density at radius 2 is 1.61 bits per heavy atom. The molecular weight excluding hydrogens is 372 g/mol. The SMILES string of the molecule is C[C@H]1CC[C@H]2CCCC[C@@H]2N1C(=O)C1CCN(S(=O)(=O)c2ccccc2)CC1. The van der Waals surface area contributed by atoms with Crippen molar-refractivity contribution in [3.8, 4) is 0 Å². The van der Waals surface area contributed by atoms with Crippen molar-refractivity contribution >= 4 is 15.9 Å². The summed E-state index contributed by atoms with van der Waals surface area (Å²) in [4.78, 5) is 16.0. The van der Waals surface area contributed by atoms with Gasteiger partial charge in [0.15, 0.2) is 0 Å². The minimum Gasteiger partial charge on any atom is -0.336 e. The van der Waals surface area contributed by atoms with Gasteiger partial charge in [-0.25, -0.2) is 8.42 Å². The number of hydrogen-bond donors (Lipinski definition) is 0. The van der Waals surface area contributed by atoms with Crippen LogP contribution in [0.5, 0.6) is 0 Å². The third kappa shape index (κ3) is 3.73. The quantitative estimate of drug-likeness (QED) is 0.773. The summed E-state index contributed by atoms with van der Waals surface area (Å²) >= 11 is 0. The molecule has 0 spiro atoms. The maximum atomic E-state index is 13.4. The molecule has 0 unspecified atom stereocenters. The van der Waals surface area contributed by atoms with Crippen LogP contribution in [0.15, 0.2) is 35.2 Å². The van der Waals surface area contributed by atoms with Gasteiger partial charge in [-0.15, -0.1) is 0 Å². The average molecular weight is 405 g/mol. The van der Waals surface area contributed by atoms with Gasteiger partial charge in [0.25, 0.3) is 0 Å². The smallest absolute Gasteiger partial charge is 0.243 e. The van der Waals surface area contributed by atoms with Crippen LogP contribution in [0.3, 0.4) is 0 Å². The van der Waals surface area contributed by atoms with Crippen molar-refractivity contribution in [3.63, 3.8) is 0 Å². The first-order valence-electron chi connectivity index (χ1n) is 10.9. The van der Waals surface area contributed by atoms with E-state index in [9.17, 15) is 13.2 Å². The summed E-state index contributed by atoms with van der Waals surface area (Å²) < 4.78 is 27.2. The fraction of sp³-hybridized carbons (Fsp3) is 0.682. The predicted octanol–water partition coefficient (Wildman–Crippen LogP) is 3.66. The molecule has 1 aliphatic carbocycles. The maximum absolute atomic E-state index is 13.4. The van der Waals surface area contributed by atoms with E-state index in [0.29, 0.717) is 48.8 Å². The van der Waals surface area contributed by atoms with Crippen LogP contribution in [0, 0.1) is 11.8 Å². The Morgan fingerprint density at radius 1 is 0.929 bits per heavy atom. The minimum absolute atomic E-state index is 0.0367. The van der Waals surface area contributed by atoms with Crippen molar-refractivity contribution in [2.45, 2.75) is 75.3 Å². The lowest BCUT2D eigenvalue weighted by Gasteiger charge is -2.49. The summed E-state index contributed by atoms with van der Waals surface area (Å²) in [5.41, 5.74) is 0. The van der Waals surface area contributed by atoms with Crippen molar-refractivity contribution in [1.29, 1.82) is 0 Å². The molecule has 0 bridgehead atoms. The van der Waals surface area contributed by atoms with Crippen LogP contribution in [0.2, 0.25) is 0 Å². The second kappa shape index (κ2) is 8.15. The highest BCUT2D eigenvalue weighted by Crippen LogP contribution is 2.39. The van der Waals surface area contributed by atoms with Crippen LogP contribution in [0.1, 0.15) is 58.3 Å². The third-order valence-electron chi connectivity index (χ3n) is 7.09. The average Bonchev–Trinajstić information content (AvgIpc) is 2.74. The van der Waals surface area contributed by atoms with E-state index < -0.39 is 10.0 Å². The molecule has 0 aromatic heterocycles. The number of rotatable bonds is 3. The molecule has 28 heavy (non-hydrogen) atoms. The molecule has 4 rings (SSSR count). The van der Waals surface area contributed by atoms with Crippen molar-refractivity contribution in [2.24, 2.45) is 11.8 Å². The molecule has 154 valence electrons. The topological polar surface area (TPSA) is 57.7 Å². The predicted molar refractivity (Wildman–Crippen MR) is 109 cm³/mol. The first-order valence-corrected chi connectivity index (χ1v) is 12.3. The number of carbonyl (C=O) groups is 1. The fourth-order valence-electron chi connectivity index (χ4n) is 5.49. The molecule has 1 aromatic rings. The van der Waals surface area contributed by atoms with E-state index in [0.717, 1.165) is 12.8 Å². The number of hydrogen-bond acceptors (Lipinski definition) is 3. The highest BCUT2D eigenvalue weighted by Gasteiger charge is 2.42. The van der Waals surface area contributed by atoms with Crippen LogP contribution in [0.25, 0.3) is 0 Å². The number of nitrogens with zero attached hydrogens (tertiary/aromatic N) is 2. The van der Waals surface area contributed by atoms with Crippen LogP contribution in [0.4, 0.5) is 0 Å². The molecule has 5 nitrogen and oxygen atoms in total. The van der Waals surface area contributed by atoms with E-state index >= 15 is 0 Å². The molecule has 1 aromatic carbocycles. The van der Waals surface area contributed by atoms with E-state index in [2.05, 4.69) is 11.8 Å². The minimum atomic E-state index is -3.46. The summed E-state index contributed by atoms with van der Waals surface area (Å²) in [6.45, 7) is 3.06. The number of carbonyl (C=O) groups excluding carboxylic acids is 1. The highest BCUT2D eigenvalue weighted by atomic mass is 32.2. The number of fused-ring (bicyclic) bond motifs is 1. The number of amides is 1. The molecule has 1 saturated carbocycles. The van der Waals surface area contributed by atoms with Gasteiger partial charge < -0.3 is 4.90 Å². The Balaban J connectivity index is 1.42. The molecule has 3 aliphatic rings. The van der Waals surface area contributed by atoms with Crippen LogP contribution < -0.4 is 0 Å². The molecule has 6 heteroatoms. The fourth-order valence-corrected chi connectivity index (χ4v) is 6.98. The number of sulfonamides is 1. The van der Waals surface area contributed by atoms with Gasteiger partial charge in [0.1, 0.15) is 0 Å². The molecule has 0 radical (unpaired) electrons. The van der Waals surface area contributed by atoms with Crippen LogP contribution in [-0.4, -0.2) is 48.7 Å². The van der Waals surface area contributed by atoms with E-state index in [1.54, 1.807) is 28.6 Å². The van der Waals surface area contributed by atoms with Gasteiger partial charge in [0, 0.05) is 31.1 Å². The lowest BCUT2D eigenvalue weighted by Crippen LogP contribution is -2.56. The van der Waals surface area contributed by atoms with Crippen LogP contribution >= 0.6 is 0 Å². The lowest BCUT2D eigenvalue weighted by atomic mass is 9.76. The lowest BCUT2D eigenvalue weighted by molar-refractivity contribution is -0.147. The second-order valence-corrected chi connectivity index (χ2v) is 10.7. The molecular formula is C22H32N2O3S. The summed E-state index contributed by atoms with van der Waals surface area (Å²) in [6, 6.07) is 9.34. The third-order valence-corrected chi connectivity index (χ3v) is 9.01. The molecule has 0 N–H and O–H groups in total. The largest absolute Gasteiger partial charge is 0.336 e. The Morgan fingerprint density at radius 3 is 2.32 bits per heavy atom. The molecule has 2 aliphatic heterocycles. The molecule has 3 fully saturated rings. The van der Waals surface area contributed by atoms with Gasteiger partial charge in [-0.2, -0.15) is 4.31 Å². The normalized spacial score (nSPS) is 30.0. The number of likely N-dealkylation sites (tertiary alicyclic amines) is 1. The zero-order valence-corrected chi connectivity index (χ0v) is 17.6. The first kappa shape index (κ1) is 19.9. The summed E-state index contributed by atoms with van der Waals surface area (Å²) in [5, 5.41) is 0. The standard InChI is InChI=1S/C22H32N2O3S/c1-17-11-12-18-7-5-6-10-21(18)24(17)22(25)19-13-15-23(16-14-19)28(26,27)20-8-3-2-4-9-20/h2-4,8-9,17-19,21H,5-7,10-16H2,1H3/t17-,18+,21-/m0/s1. The Labute approximate surface area is 169 Å². The molecule has 1 amide bonds. The van der Waals surface area contributed by atoms with E-state index in [1.165, 1.54) is 25.7 Å². The van der Waals surface area contributed by atoms with Gasteiger partial charge in [-0.05, 0) is 63.5 Å². The van der Waals surface area contributed by atoms with Gasteiger partial charge in [-0.3, -0.25) is 4.79 Å². The van der Waals surface area contributed by atoms with Gasteiger partial charge in [0.2, 0.25) is 15.9 Å². The van der Waals surface area contributed by atoms with Crippen molar-refractivity contribution in [2.75, 3.05) is 13.1 Å². The van der Waals surface area contributed by atoms with Crippen molar-refractivity contribution < 1.29 is 13.2 Å².